The summed E-state index contributed by atoms with van der Waals surface area (Å²) in [7, 11) is 1.18. The van der Waals surface area contributed by atoms with Crippen LogP contribution in [0.1, 0.15) is 23.1 Å². The Hall–Kier alpha value is -1.48. The number of alkyl halides is 2. The summed E-state index contributed by atoms with van der Waals surface area (Å²) < 4.78 is 30.3. The average molecular weight is 304 g/mol. The monoisotopic (exact) mass is 303 g/mol. The van der Waals surface area contributed by atoms with E-state index >= 15 is 0 Å². The first-order chi connectivity index (χ1) is 7.99. The fourth-order valence-corrected chi connectivity index (χ4v) is 1.78. The minimum Gasteiger partial charge on any atom is -0.469 e. The molecular weight excluding hydrogens is 296 g/mol. The lowest BCUT2D eigenvalue weighted by Gasteiger charge is -2.09. The summed E-state index contributed by atoms with van der Waals surface area (Å²) in [5.41, 5.74) is -0.0678. The van der Waals surface area contributed by atoms with Crippen LogP contribution in [0.15, 0.2) is 16.6 Å². The third kappa shape index (κ3) is 3.24. The molecule has 0 fully saturated rings. The molecule has 90 valence electrons. The van der Waals surface area contributed by atoms with Crippen molar-refractivity contribution in [1.29, 1.82) is 5.26 Å². The van der Waals surface area contributed by atoms with Crippen LogP contribution >= 0.6 is 15.9 Å². The van der Waals surface area contributed by atoms with E-state index in [2.05, 4.69) is 20.7 Å². The van der Waals surface area contributed by atoms with Crippen molar-refractivity contribution in [3.63, 3.8) is 0 Å². The predicted molar refractivity (Wildman–Crippen MR) is 59.5 cm³/mol. The van der Waals surface area contributed by atoms with Gasteiger partial charge in [0, 0.05) is 10.0 Å². The molecule has 0 amide bonds. The number of carbonyl (C=O) groups excluding carboxylic acids is 1. The molecular formula is C11H8BrF2NO2. The molecule has 0 heterocycles. The quantitative estimate of drug-likeness (QED) is 0.807. The van der Waals surface area contributed by atoms with Crippen LogP contribution in [-0.4, -0.2) is 13.1 Å². The van der Waals surface area contributed by atoms with E-state index < -0.39 is 12.4 Å². The van der Waals surface area contributed by atoms with Crippen molar-refractivity contribution in [2.24, 2.45) is 0 Å². The summed E-state index contributed by atoms with van der Waals surface area (Å²) in [5, 5.41) is 8.73. The van der Waals surface area contributed by atoms with Gasteiger partial charge in [-0.3, -0.25) is 4.79 Å². The SMILES string of the molecule is COC(=O)Cc1cc(Br)c(C#N)cc1C(F)F. The highest BCUT2D eigenvalue weighted by atomic mass is 79.9. The molecule has 0 unspecified atom stereocenters. The van der Waals surface area contributed by atoms with Gasteiger partial charge in [-0.25, -0.2) is 8.78 Å². The highest BCUT2D eigenvalue weighted by Gasteiger charge is 2.18. The third-order valence-electron chi connectivity index (χ3n) is 2.15. The van der Waals surface area contributed by atoms with Crippen LogP contribution in [0.25, 0.3) is 0 Å². The zero-order chi connectivity index (χ0) is 13.0. The van der Waals surface area contributed by atoms with Gasteiger partial charge in [0.1, 0.15) is 6.07 Å². The number of rotatable bonds is 3. The van der Waals surface area contributed by atoms with Gasteiger partial charge in [-0.05, 0) is 33.6 Å². The lowest BCUT2D eigenvalue weighted by Crippen LogP contribution is -2.07. The molecule has 0 aliphatic heterocycles. The molecule has 6 heteroatoms. The standard InChI is InChI=1S/C11H8BrF2NO2/c1-17-10(16)4-6-3-9(12)7(5-15)2-8(6)11(13)14/h2-3,11H,4H2,1H3. The molecule has 1 aromatic rings. The number of benzene rings is 1. The fraction of sp³-hybridized carbons (Fsp3) is 0.273. The van der Waals surface area contributed by atoms with E-state index in [1.54, 1.807) is 6.07 Å². The van der Waals surface area contributed by atoms with Crippen molar-refractivity contribution in [2.75, 3.05) is 7.11 Å². The zero-order valence-corrected chi connectivity index (χ0v) is 10.4. The Labute approximate surface area is 105 Å². The van der Waals surface area contributed by atoms with Gasteiger partial charge in [-0.2, -0.15) is 5.26 Å². The minimum atomic E-state index is -2.74. The second kappa shape index (κ2) is 5.73. The molecule has 17 heavy (non-hydrogen) atoms. The van der Waals surface area contributed by atoms with Crippen LogP contribution in [0.3, 0.4) is 0 Å². The Kier molecular flexibility index (Phi) is 4.58. The Morgan fingerprint density at radius 1 is 1.59 bits per heavy atom. The molecule has 0 saturated heterocycles. The largest absolute Gasteiger partial charge is 0.469 e. The average Bonchev–Trinajstić information content (AvgIpc) is 2.28. The van der Waals surface area contributed by atoms with Gasteiger partial charge in [0.25, 0.3) is 6.43 Å². The number of methoxy groups -OCH3 is 1. The molecule has 0 radical (unpaired) electrons. The molecule has 1 aromatic carbocycles. The number of halogens is 3. The van der Waals surface area contributed by atoms with Crippen LogP contribution in [-0.2, 0) is 16.0 Å². The van der Waals surface area contributed by atoms with Crippen LogP contribution in [0.4, 0.5) is 8.78 Å². The highest BCUT2D eigenvalue weighted by Crippen LogP contribution is 2.29. The van der Waals surface area contributed by atoms with Gasteiger partial charge in [0.15, 0.2) is 0 Å². The predicted octanol–water partition coefficient (Wildman–Crippen LogP) is 2.97. The van der Waals surface area contributed by atoms with Crippen molar-refractivity contribution < 1.29 is 18.3 Å². The van der Waals surface area contributed by atoms with Gasteiger partial charge < -0.3 is 4.74 Å². The molecule has 0 bridgehead atoms. The summed E-state index contributed by atoms with van der Waals surface area (Å²) in [6, 6.07) is 4.21. The first-order valence-electron chi connectivity index (χ1n) is 4.57. The lowest BCUT2D eigenvalue weighted by molar-refractivity contribution is -0.139. The van der Waals surface area contributed by atoms with Crippen molar-refractivity contribution in [3.8, 4) is 6.07 Å². The van der Waals surface area contributed by atoms with E-state index in [4.69, 9.17) is 5.26 Å². The molecule has 0 aromatic heterocycles. The third-order valence-corrected chi connectivity index (χ3v) is 2.80. The van der Waals surface area contributed by atoms with E-state index in [9.17, 15) is 13.6 Å². The molecule has 0 N–H and O–H groups in total. The summed E-state index contributed by atoms with van der Waals surface area (Å²) in [6.45, 7) is 0. The van der Waals surface area contributed by atoms with Crippen LogP contribution in [0.5, 0.6) is 0 Å². The topological polar surface area (TPSA) is 50.1 Å². The number of esters is 1. The summed E-state index contributed by atoms with van der Waals surface area (Å²) >= 11 is 3.08. The second-order valence-corrected chi connectivity index (χ2v) is 4.05. The van der Waals surface area contributed by atoms with Crippen LogP contribution in [0.2, 0.25) is 0 Å². The maximum atomic E-state index is 12.8. The normalized spacial score (nSPS) is 10.1. The first-order valence-corrected chi connectivity index (χ1v) is 5.36. The van der Waals surface area contributed by atoms with E-state index in [-0.39, 0.29) is 23.1 Å². The lowest BCUT2D eigenvalue weighted by atomic mass is 10.0. The Balaban J connectivity index is 3.24. The second-order valence-electron chi connectivity index (χ2n) is 3.20. The smallest absolute Gasteiger partial charge is 0.309 e. The zero-order valence-electron chi connectivity index (χ0n) is 8.84. The van der Waals surface area contributed by atoms with Gasteiger partial charge in [0.2, 0.25) is 0 Å². The van der Waals surface area contributed by atoms with E-state index in [1.165, 1.54) is 13.2 Å². The molecule has 3 nitrogen and oxygen atoms in total. The number of carbonyl (C=O) groups is 1. The van der Waals surface area contributed by atoms with E-state index in [0.717, 1.165) is 6.07 Å². The maximum Gasteiger partial charge on any atom is 0.309 e. The Morgan fingerprint density at radius 3 is 2.71 bits per heavy atom. The maximum absolute atomic E-state index is 12.8. The minimum absolute atomic E-state index is 0.105. The van der Waals surface area contributed by atoms with Crippen LogP contribution < -0.4 is 0 Å². The molecule has 0 saturated carbocycles. The van der Waals surface area contributed by atoms with Crippen molar-refractivity contribution in [1.82, 2.24) is 0 Å². The Bertz CT molecular complexity index is 483. The van der Waals surface area contributed by atoms with E-state index in [1.807, 2.05) is 0 Å². The summed E-state index contributed by atoms with van der Waals surface area (Å²) in [5.74, 6) is -0.608. The molecule has 1 rings (SSSR count). The van der Waals surface area contributed by atoms with Gasteiger partial charge in [-0.1, -0.05) is 0 Å². The molecule has 0 aliphatic carbocycles. The molecule has 0 atom stereocenters. The molecule has 0 aliphatic rings. The van der Waals surface area contributed by atoms with Crippen molar-refractivity contribution >= 4 is 21.9 Å². The van der Waals surface area contributed by atoms with Gasteiger partial charge in [-0.15, -0.1) is 0 Å². The highest BCUT2D eigenvalue weighted by molar-refractivity contribution is 9.10. The van der Waals surface area contributed by atoms with Crippen molar-refractivity contribution in [3.05, 3.63) is 33.3 Å². The number of hydrogen-bond donors (Lipinski definition) is 0. The number of nitrogens with zero attached hydrogens (tertiary/aromatic N) is 1. The summed E-state index contributed by atoms with van der Waals surface area (Å²) in [4.78, 5) is 11.1. The van der Waals surface area contributed by atoms with Gasteiger partial charge >= 0.3 is 5.97 Å². The molecule has 0 spiro atoms. The summed E-state index contributed by atoms with van der Waals surface area (Å²) in [6.07, 6.45) is -2.99. The first kappa shape index (κ1) is 13.6. The number of ether oxygens (including phenoxy) is 1. The fourth-order valence-electron chi connectivity index (χ4n) is 1.30. The van der Waals surface area contributed by atoms with Gasteiger partial charge in [0.05, 0.1) is 19.1 Å². The Morgan fingerprint density at radius 2 is 2.24 bits per heavy atom. The van der Waals surface area contributed by atoms with Crippen LogP contribution in [0, 0.1) is 11.3 Å². The van der Waals surface area contributed by atoms with Crippen molar-refractivity contribution in [2.45, 2.75) is 12.8 Å². The number of nitriles is 1. The number of hydrogen-bond acceptors (Lipinski definition) is 3. The van der Waals surface area contributed by atoms with E-state index in [0.29, 0.717) is 4.47 Å².